The lowest BCUT2D eigenvalue weighted by Gasteiger charge is -2.02. The molecule has 2 heterocycles. The highest BCUT2D eigenvalue weighted by molar-refractivity contribution is 5.96. The molecule has 1 amide bonds. The number of carbonyl (C=O) groups excluding carboxylic acids is 1. The summed E-state index contributed by atoms with van der Waals surface area (Å²) >= 11 is 0. The van der Waals surface area contributed by atoms with Crippen LogP contribution < -0.4 is 5.32 Å². The number of nitrogens with one attached hydrogen (secondary N) is 1. The van der Waals surface area contributed by atoms with E-state index in [0.29, 0.717) is 29.3 Å². The smallest absolute Gasteiger partial charge is 0.251 e. The zero-order chi connectivity index (χ0) is 13.2. The number of oxazole rings is 1. The summed E-state index contributed by atoms with van der Waals surface area (Å²) in [7, 11) is 0. The summed E-state index contributed by atoms with van der Waals surface area (Å²) in [4.78, 5) is 16.2. The molecule has 5 nitrogen and oxygen atoms in total. The third kappa shape index (κ3) is 2.35. The highest BCUT2D eigenvalue weighted by atomic mass is 16.3. The Kier molecular flexibility index (Phi) is 2.79. The van der Waals surface area contributed by atoms with Gasteiger partial charge in [0.05, 0.1) is 12.8 Å². The molecule has 3 rings (SSSR count). The van der Waals surface area contributed by atoms with Crippen LogP contribution in [0.1, 0.15) is 22.0 Å². The van der Waals surface area contributed by atoms with Gasteiger partial charge in [0.25, 0.3) is 5.91 Å². The van der Waals surface area contributed by atoms with Crippen LogP contribution in [0.15, 0.2) is 45.4 Å². The van der Waals surface area contributed by atoms with E-state index in [9.17, 15) is 4.79 Å². The second-order valence-corrected chi connectivity index (χ2v) is 4.18. The van der Waals surface area contributed by atoms with Crippen molar-refractivity contribution in [2.45, 2.75) is 13.5 Å². The van der Waals surface area contributed by atoms with Crippen LogP contribution in [0.2, 0.25) is 0 Å². The average Bonchev–Trinajstić information content (AvgIpc) is 3.02. The van der Waals surface area contributed by atoms with Gasteiger partial charge >= 0.3 is 0 Å². The molecule has 3 aromatic rings. The minimum Gasteiger partial charge on any atom is -0.467 e. The molecule has 0 atom stereocenters. The Bertz CT molecular complexity index is 713. The topological polar surface area (TPSA) is 68.3 Å². The van der Waals surface area contributed by atoms with Gasteiger partial charge in [0, 0.05) is 12.5 Å². The molecular formula is C14H12N2O3. The zero-order valence-electron chi connectivity index (χ0n) is 10.3. The molecular weight excluding hydrogens is 244 g/mol. The van der Waals surface area contributed by atoms with Crippen molar-refractivity contribution >= 4 is 17.0 Å². The average molecular weight is 256 g/mol. The van der Waals surface area contributed by atoms with Crippen LogP contribution in [0.5, 0.6) is 0 Å². The monoisotopic (exact) mass is 256 g/mol. The van der Waals surface area contributed by atoms with Crippen molar-refractivity contribution in [1.82, 2.24) is 10.3 Å². The van der Waals surface area contributed by atoms with Gasteiger partial charge in [-0.25, -0.2) is 4.98 Å². The molecule has 0 bridgehead atoms. The van der Waals surface area contributed by atoms with E-state index in [4.69, 9.17) is 8.83 Å². The van der Waals surface area contributed by atoms with Crippen molar-refractivity contribution < 1.29 is 13.6 Å². The van der Waals surface area contributed by atoms with Gasteiger partial charge in [-0.15, -0.1) is 0 Å². The van der Waals surface area contributed by atoms with Gasteiger partial charge in [-0.2, -0.15) is 0 Å². The fourth-order valence-electron chi connectivity index (χ4n) is 1.86. The summed E-state index contributed by atoms with van der Waals surface area (Å²) in [5, 5.41) is 2.78. The number of furan rings is 1. The first-order valence-electron chi connectivity index (χ1n) is 5.90. The molecule has 1 aromatic carbocycles. The minimum absolute atomic E-state index is 0.174. The van der Waals surface area contributed by atoms with Crippen molar-refractivity contribution in [1.29, 1.82) is 0 Å². The van der Waals surface area contributed by atoms with Crippen LogP contribution in [0.3, 0.4) is 0 Å². The molecule has 0 aliphatic rings. The Morgan fingerprint density at radius 2 is 2.26 bits per heavy atom. The molecule has 5 heteroatoms. The van der Waals surface area contributed by atoms with Gasteiger partial charge in [0.2, 0.25) is 0 Å². The molecule has 19 heavy (non-hydrogen) atoms. The minimum atomic E-state index is -0.174. The Morgan fingerprint density at radius 3 is 3.05 bits per heavy atom. The number of rotatable bonds is 3. The molecule has 96 valence electrons. The molecule has 0 unspecified atom stereocenters. The van der Waals surface area contributed by atoms with Crippen molar-refractivity contribution in [3.8, 4) is 0 Å². The van der Waals surface area contributed by atoms with Crippen LogP contribution >= 0.6 is 0 Å². The quantitative estimate of drug-likeness (QED) is 0.782. The van der Waals surface area contributed by atoms with Gasteiger partial charge in [-0.3, -0.25) is 4.79 Å². The van der Waals surface area contributed by atoms with Gasteiger partial charge in [-0.1, -0.05) is 0 Å². The molecule has 1 N–H and O–H groups in total. The van der Waals surface area contributed by atoms with Crippen LogP contribution in [-0.4, -0.2) is 10.9 Å². The second-order valence-electron chi connectivity index (χ2n) is 4.18. The number of carbonyl (C=O) groups is 1. The third-order valence-electron chi connectivity index (χ3n) is 2.76. The molecule has 0 spiro atoms. The maximum absolute atomic E-state index is 12.0. The van der Waals surface area contributed by atoms with Crippen molar-refractivity contribution in [3.05, 3.63) is 53.8 Å². The number of fused-ring (bicyclic) bond motifs is 1. The lowest BCUT2D eigenvalue weighted by molar-refractivity contribution is 0.0948. The highest BCUT2D eigenvalue weighted by Crippen LogP contribution is 2.16. The van der Waals surface area contributed by atoms with E-state index in [1.807, 2.05) is 6.07 Å². The number of hydrogen-bond acceptors (Lipinski definition) is 4. The Balaban J connectivity index is 1.77. The van der Waals surface area contributed by atoms with Gasteiger partial charge in [-0.05, 0) is 30.3 Å². The van der Waals surface area contributed by atoms with Crippen LogP contribution in [0.25, 0.3) is 11.1 Å². The molecule has 0 saturated carbocycles. The van der Waals surface area contributed by atoms with Crippen molar-refractivity contribution in [3.63, 3.8) is 0 Å². The van der Waals surface area contributed by atoms with E-state index in [1.165, 1.54) is 0 Å². The first-order chi connectivity index (χ1) is 9.22. The van der Waals surface area contributed by atoms with Gasteiger partial charge in [0.15, 0.2) is 11.5 Å². The molecule has 2 aromatic heterocycles. The number of hydrogen-bond donors (Lipinski definition) is 1. The molecule has 0 radical (unpaired) electrons. The number of benzene rings is 1. The summed E-state index contributed by atoms with van der Waals surface area (Å²) in [5.74, 6) is 1.13. The largest absolute Gasteiger partial charge is 0.467 e. The maximum atomic E-state index is 12.0. The lowest BCUT2D eigenvalue weighted by Crippen LogP contribution is -2.22. The van der Waals surface area contributed by atoms with Crippen LogP contribution in [-0.2, 0) is 6.54 Å². The predicted molar refractivity (Wildman–Crippen MR) is 68.6 cm³/mol. The normalized spacial score (nSPS) is 10.8. The summed E-state index contributed by atoms with van der Waals surface area (Å²) in [6.45, 7) is 2.13. The first kappa shape index (κ1) is 11.5. The molecule has 0 fully saturated rings. The maximum Gasteiger partial charge on any atom is 0.251 e. The van der Waals surface area contributed by atoms with Gasteiger partial charge in [0.1, 0.15) is 11.3 Å². The number of aryl methyl sites for hydroxylation is 1. The summed E-state index contributed by atoms with van der Waals surface area (Å²) in [6, 6.07) is 8.77. The summed E-state index contributed by atoms with van der Waals surface area (Å²) in [5.41, 5.74) is 1.90. The van der Waals surface area contributed by atoms with E-state index in [1.54, 1.807) is 37.5 Å². The summed E-state index contributed by atoms with van der Waals surface area (Å²) in [6.07, 6.45) is 1.57. The van der Waals surface area contributed by atoms with Crippen LogP contribution in [0.4, 0.5) is 0 Å². The van der Waals surface area contributed by atoms with Gasteiger partial charge < -0.3 is 14.2 Å². The first-order valence-corrected chi connectivity index (χ1v) is 5.90. The number of nitrogens with zero attached hydrogens (tertiary/aromatic N) is 1. The highest BCUT2D eigenvalue weighted by Gasteiger charge is 2.09. The second kappa shape index (κ2) is 4.61. The van der Waals surface area contributed by atoms with E-state index < -0.39 is 0 Å². The Morgan fingerprint density at radius 1 is 1.37 bits per heavy atom. The van der Waals surface area contributed by atoms with E-state index >= 15 is 0 Å². The SMILES string of the molecule is Cc1nc2ccc(C(=O)NCc3ccco3)cc2o1. The van der Waals surface area contributed by atoms with E-state index in [-0.39, 0.29) is 5.91 Å². The molecule has 0 saturated heterocycles. The van der Waals surface area contributed by atoms with Crippen molar-refractivity contribution in [2.24, 2.45) is 0 Å². The fraction of sp³-hybridized carbons (Fsp3) is 0.143. The zero-order valence-corrected chi connectivity index (χ0v) is 10.3. The van der Waals surface area contributed by atoms with E-state index in [0.717, 1.165) is 5.52 Å². The van der Waals surface area contributed by atoms with Crippen molar-refractivity contribution in [2.75, 3.05) is 0 Å². The summed E-state index contributed by atoms with van der Waals surface area (Å²) < 4.78 is 10.5. The van der Waals surface area contributed by atoms with E-state index in [2.05, 4.69) is 10.3 Å². The third-order valence-corrected chi connectivity index (χ3v) is 2.76. The number of aromatic nitrogens is 1. The van der Waals surface area contributed by atoms with Crippen LogP contribution in [0, 0.1) is 6.92 Å². The number of amides is 1. The Labute approximate surface area is 109 Å². The Hall–Kier alpha value is -2.56. The molecule has 0 aliphatic carbocycles. The molecule has 0 aliphatic heterocycles. The standard InChI is InChI=1S/C14H12N2O3/c1-9-16-12-5-4-10(7-13(12)19-9)14(17)15-8-11-3-2-6-18-11/h2-7H,8H2,1H3,(H,15,17). The lowest BCUT2D eigenvalue weighted by atomic mass is 10.2. The predicted octanol–water partition coefficient (Wildman–Crippen LogP) is 2.66. The fourth-order valence-corrected chi connectivity index (χ4v) is 1.86.